The quantitative estimate of drug-likeness (QED) is 0.873. The largest absolute Gasteiger partial charge is 0.496 e. The zero-order valence-electron chi connectivity index (χ0n) is 11.3. The number of likely N-dealkylation sites (N-methyl/N-ethyl adjacent to an activating group) is 1. The lowest BCUT2D eigenvalue weighted by Gasteiger charge is -2.36. The van der Waals surface area contributed by atoms with Crippen molar-refractivity contribution in [2.24, 2.45) is 0 Å². The summed E-state index contributed by atoms with van der Waals surface area (Å²) in [5, 5.41) is 3.53. The Labute approximate surface area is 109 Å². The molecule has 1 fully saturated rings. The Morgan fingerprint density at radius 3 is 2.78 bits per heavy atom. The first-order chi connectivity index (χ1) is 8.74. The zero-order valence-corrected chi connectivity index (χ0v) is 11.3. The van der Waals surface area contributed by atoms with Gasteiger partial charge in [-0.1, -0.05) is 18.2 Å². The minimum absolute atomic E-state index is 0.251. The van der Waals surface area contributed by atoms with Gasteiger partial charge in [-0.3, -0.25) is 0 Å². The molecule has 0 saturated carbocycles. The SMILES string of the molecule is COc1ccccc1C(C1COCCN1)N(C)C. The van der Waals surface area contributed by atoms with E-state index in [9.17, 15) is 0 Å². The average Bonchev–Trinajstić information content (AvgIpc) is 2.40. The Bertz CT molecular complexity index is 376. The van der Waals surface area contributed by atoms with E-state index < -0.39 is 0 Å². The molecule has 0 bridgehead atoms. The highest BCUT2D eigenvalue weighted by molar-refractivity contribution is 5.36. The third-order valence-electron chi connectivity index (χ3n) is 3.35. The highest BCUT2D eigenvalue weighted by atomic mass is 16.5. The maximum Gasteiger partial charge on any atom is 0.123 e. The van der Waals surface area contributed by atoms with E-state index in [2.05, 4.69) is 36.4 Å². The Morgan fingerprint density at radius 1 is 1.39 bits per heavy atom. The topological polar surface area (TPSA) is 33.7 Å². The Hall–Kier alpha value is -1.10. The molecule has 0 spiro atoms. The van der Waals surface area contributed by atoms with Gasteiger partial charge in [-0.2, -0.15) is 0 Å². The van der Waals surface area contributed by atoms with Crippen LogP contribution in [0.1, 0.15) is 11.6 Å². The van der Waals surface area contributed by atoms with Crippen molar-refractivity contribution < 1.29 is 9.47 Å². The van der Waals surface area contributed by atoms with Crippen molar-refractivity contribution in [2.75, 3.05) is 41.0 Å². The van der Waals surface area contributed by atoms with Crippen LogP contribution in [0.4, 0.5) is 0 Å². The first-order valence-corrected chi connectivity index (χ1v) is 6.34. The molecule has 1 aromatic rings. The summed E-state index contributed by atoms with van der Waals surface area (Å²) in [5.74, 6) is 0.934. The smallest absolute Gasteiger partial charge is 0.123 e. The normalized spacial score (nSPS) is 21.9. The molecule has 2 atom stereocenters. The third kappa shape index (κ3) is 2.83. The molecule has 1 saturated heterocycles. The van der Waals surface area contributed by atoms with Gasteiger partial charge >= 0.3 is 0 Å². The summed E-state index contributed by atoms with van der Waals surface area (Å²) >= 11 is 0. The van der Waals surface area contributed by atoms with Crippen LogP contribution in [0.5, 0.6) is 5.75 Å². The van der Waals surface area contributed by atoms with Gasteiger partial charge in [0.2, 0.25) is 0 Å². The van der Waals surface area contributed by atoms with E-state index in [0.717, 1.165) is 25.5 Å². The highest BCUT2D eigenvalue weighted by Gasteiger charge is 2.29. The van der Waals surface area contributed by atoms with Crippen LogP contribution in [-0.4, -0.2) is 51.9 Å². The number of morpholine rings is 1. The summed E-state index contributed by atoms with van der Waals surface area (Å²) in [7, 11) is 5.90. The molecular weight excluding hydrogens is 228 g/mol. The second kappa shape index (κ2) is 6.18. The Kier molecular flexibility index (Phi) is 4.58. The molecule has 0 amide bonds. The molecule has 1 aliphatic heterocycles. The van der Waals surface area contributed by atoms with Crippen molar-refractivity contribution in [2.45, 2.75) is 12.1 Å². The van der Waals surface area contributed by atoms with E-state index in [1.54, 1.807) is 7.11 Å². The van der Waals surface area contributed by atoms with E-state index in [0.29, 0.717) is 6.04 Å². The summed E-state index contributed by atoms with van der Waals surface area (Å²) in [6.07, 6.45) is 0. The van der Waals surface area contributed by atoms with Crippen LogP contribution in [0.3, 0.4) is 0 Å². The van der Waals surface area contributed by atoms with Gasteiger partial charge in [0.25, 0.3) is 0 Å². The number of ether oxygens (including phenoxy) is 2. The highest BCUT2D eigenvalue weighted by Crippen LogP contribution is 2.30. The first-order valence-electron chi connectivity index (χ1n) is 6.34. The molecular formula is C14H22N2O2. The summed E-state index contributed by atoms with van der Waals surface area (Å²) in [5.41, 5.74) is 1.20. The van der Waals surface area contributed by atoms with Gasteiger partial charge in [0.15, 0.2) is 0 Å². The van der Waals surface area contributed by atoms with E-state index in [1.807, 2.05) is 12.1 Å². The van der Waals surface area contributed by atoms with Crippen LogP contribution in [0.2, 0.25) is 0 Å². The van der Waals surface area contributed by atoms with Crippen molar-refractivity contribution in [1.82, 2.24) is 10.2 Å². The van der Waals surface area contributed by atoms with Crippen molar-refractivity contribution in [3.8, 4) is 5.75 Å². The van der Waals surface area contributed by atoms with Gasteiger partial charge in [-0.05, 0) is 20.2 Å². The van der Waals surface area contributed by atoms with Gasteiger partial charge in [0.1, 0.15) is 5.75 Å². The van der Waals surface area contributed by atoms with Crippen molar-refractivity contribution in [3.63, 3.8) is 0 Å². The number of nitrogens with one attached hydrogen (secondary N) is 1. The lowest BCUT2D eigenvalue weighted by molar-refractivity contribution is 0.0454. The van der Waals surface area contributed by atoms with Gasteiger partial charge < -0.3 is 19.7 Å². The minimum atomic E-state index is 0.251. The number of hydrogen-bond donors (Lipinski definition) is 1. The molecule has 1 aromatic carbocycles. The minimum Gasteiger partial charge on any atom is -0.496 e. The number of para-hydroxylation sites is 1. The molecule has 18 heavy (non-hydrogen) atoms. The first kappa shape index (κ1) is 13.3. The molecule has 2 unspecified atom stereocenters. The van der Waals surface area contributed by atoms with Crippen molar-refractivity contribution >= 4 is 0 Å². The second-order valence-electron chi connectivity index (χ2n) is 4.79. The molecule has 0 radical (unpaired) electrons. The molecule has 4 nitrogen and oxygen atoms in total. The van der Waals surface area contributed by atoms with Crippen LogP contribution >= 0.6 is 0 Å². The van der Waals surface area contributed by atoms with Gasteiger partial charge in [-0.15, -0.1) is 0 Å². The standard InChI is InChI=1S/C14H22N2O2/c1-16(2)14(12-10-18-9-8-15-12)11-6-4-5-7-13(11)17-3/h4-7,12,14-15H,8-10H2,1-3H3. The van der Waals surface area contributed by atoms with E-state index >= 15 is 0 Å². The fourth-order valence-electron chi connectivity index (χ4n) is 2.55. The fourth-order valence-corrected chi connectivity index (χ4v) is 2.55. The molecule has 100 valence electrons. The molecule has 0 aromatic heterocycles. The molecule has 4 heteroatoms. The summed E-state index contributed by atoms with van der Waals surface area (Å²) in [4.78, 5) is 2.21. The van der Waals surface area contributed by atoms with Crippen LogP contribution in [0, 0.1) is 0 Å². The number of methoxy groups -OCH3 is 1. The average molecular weight is 250 g/mol. The zero-order chi connectivity index (χ0) is 13.0. The van der Waals surface area contributed by atoms with E-state index in [-0.39, 0.29) is 6.04 Å². The molecule has 0 aliphatic carbocycles. The van der Waals surface area contributed by atoms with Crippen molar-refractivity contribution in [3.05, 3.63) is 29.8 Å². The van der Waals surface area contributed by atoms with Crippen LogP contribution in [0.15, 0.2) is 24.3 Å². The predicted octanol–water partition coefficient (Wildman–Crippen LogP) is 1.29. The summed E-state index contributed by atoms with van der Waals surface area (Å²) in [6, 6.07) is 8.74. The maximum absolute atomic E-state index is 5.58. The maximum atomic E-state index is 5.58. The Balaban J connectivity index is 2.28. The predicted molar refractivity (Wildman–Crippen MR) is 72.0 cm³/mol. The number of hydrogen-bond acceptors (Lipinski definition) is 4. The molecule has 1 N–H and O–H groups in total. The van der Waals surface area contributed by atoms with E-state index in [4.69, 9.17) is 9.47 Å². The molecule has 1 aliphatic rings. The van der Waals surface area contributed by atoms with E-state index in [1.165, 1.54) is 5.56 Å². The monoisotopic (exact) mass is 250 g/mol. The third-order valence-corrected chi connectivity index (χ3v) is 3.35. The van der Waals surface area contributed by atoms with Gasteiger partial charge in [0.05, 0.1) is 32.4 Å². The lowest BCUT2D eigenvalue weighted by Crippen LogP contribution is -2.49. The second-order valence-corrected chi connectivity index (χ2v) is 4.79. The fraction of sp³-hybridized carbons (Fsp3) is 0.571. The summed E-state index contributed by atoms with van der Waals surface area (Å²) in [6.45, 7) is 2.44. The van der Waals surface area contributed by atoms with Crippen LogP contribution < -0.4 is 10.1 Å². The van der Waals surface area contributed by atoms with Gasteiger partial charge in [0, 0.05) is 12.1 Å². The Morgan fingerprint density at radius 2 is 2.17 bits per heavy atom. The molecule has 2 rings (SSSR count). The van der Waals surface area contributed by atoms with Crippen molar-refractivity contribution in [1.29, 1.82) is 0 Å². The number of nitrogens with zero attached hydrogens (tertiary/aromatic N) is 1. The number of rotatable bonds is 4. The lowest BCUT2D eigenvalue weighted by atomic mass is 9.97. The van der Waals surface area contributed by atoms with Crippen LogP contribution in [-0.2, 0) is 4.74 Å². The summed E-state index contributed by atoms with van der Waals surface area (Å²) < 4.78 is 11.1. The van der Waals surface area contributed by atoms with Crippen LogP contribution in [0.25, 0.3) is 0 Å². The number of benzene rings is 1. The van der Waals surface area contributed by atoms with Gasteiger partial charge in [-0.25, -0.2) is 0 Å². The molecule has 1 heterocycles.